The molecule has 11 heteroatoms. The molecule has 1 aliphatic rings. The Labute approximate surface area is 201 Å². The molecule has 9 nitrogen and oxygen atoms in total. The highest BCUT2D eigenvalue weighted by molar-refractivity contribution is 6.41. The van der Waals surface area contributed by atoms with Crippen LogP contribution in [0.3, 0.4) is 0 Å². The summed E-state index contributed by atoms with van der Waals surface area (Å²) in [5.41, 5.74) is -0.876. The van der Waals surface area contributed by atoms with Crippen molar-refractivity contribution >= 4 is 46.4 Å². The van der Waals surface area contributed by atoms with Gasteiger partial charge in [0.2, 0.25) is 5.82 Å². The van der Waals surface area contributed by atoms with E-state index in [-0.39, 0.29) is 38.5 Å². The largest absolute Gasteiger partial charge is 0.449 e. The van der Waals surface area contributed by atoms with Crippen molar-refractivity contribution in [2.75, 3.05) is 5.32 Å². The maximum absolute atomic E-state index is 13.5. The molecule has 35 heavy (non-hydrogen) atoms. The quantitative estimate of drug-likeness (QED) is 0.247. The second-order valence-electron chi connectivity index (χ2n) is 7.51. The summed E-state index contributed by atoms with van der Waals surface area (Å²) < 4.78 is 18.6. The highest BCUT2D eigenvalue weighted by Gasteiger charge is 2.34. The van der Waals surface area contributed by atoms with E-state index in [0.717, 1.165) is 18.2 Å². The fourth-order valence-electron chi connectivity index (χ4n) is 3.56. The number of ketones is 2. The Kier molecular flexibility index (Phi) is 6.14. The molecule has 0 aliphatic heterocycles. The lowest BCUT2D eigenvalue weighted by Crippen LogP contribution is -2.30. The van der Waals surface area contributed by atoms with Gasteiger partial charge < -0.3 is 10.1 Å². The van der Waals surface area contributed by atoms with Gasteiger partial charge in [-0.05, 0) is 31.2 Å². The van der Waals surface area contributed by atoms with Crippen LogP contribution in [0.1, 0.15) is 49.1 Å². The second-order valence-corrected chi connectivity index (χ2v) is 7.89. The van der Waals surface area contributed by atoms with Crippen LogP contribution in [0.4, 0.5) is 15.8 Å². The number of hydrogen-bond acceptors (Lipinski definition) is 7. The van der Waals surface area contributed by atoms with Gasteiger partial charge >= 0.3 is 11.7 Å². The van der Waals surface area contributed by atoms with Crippen molar-refractivity contribution in [1.29, 1.82) is 0 Å². The summed E-state index contributed by atoms with van der Waals surface area (Å²) in [5, 5.41) is 12.9. The number of halogens is 2. The number of fused-ring (bicyclic) bond motifs is 2. The minimum Gasteiger partial charge on any atom is -0.449 e. The molecule has 0 bridgehead atoms. The van der Waals surface area contributed by atoms with Gasteiger partial charge in [0.15, 0.2) is 17.7 Å². The molecule has 0 radical (unpaired) electrons. The highest BCUT2D eigenvalue weighted by Crippen LogP contribution is 2.34. The standard InChI is InChI=1S/C24H14ClFN2O7/c1-11(23(31)27-12-6-9-17(26)18(10-12)28(33)34)35-24(32)16-8-7-15-19(20(16)25)22(30)14-5-3-2-4-13(14)21(15)29/h2-11H,1H3,(H,27,31). The van der Waals surface area contributed by atoms with Gasteiger partial charge in [0.1, 0.15) is 0 Å². The van der Waals surface area contributed by atoms with Crippen LogP contribution < -0.4 is 5.32 Å². The zero-order valence-corrected chi connectivity index (χ0v) is 18.6. The van der Waals surface area contributed by atoms with E-state index in [1.165, 1.54) is 31.2 Å². The number of nitro benzene ring substituents is 1. The minimum atomic E-state index is -1.39. The fraction of sp³-hybridized carbons (Fsp3) is 0.0833. The Morgan fingerprint density at radius 1 is 1.03 bits per heavy atom. The topological polar surface area (TPSA) is 133 Å². The summed E-state index contributed by atoms with van der Waals surface area (Å²) in [4.78, 5) is 60.8. The van der Waals surface area contributed by atoms with E-state index in [1.807, 2.05) is 0 Å². The Hall–Kier alpha value is -4.44. The summed E-state index contributed by atoms with van der Waals surface area (Å²) in [6.07, 6.45) is -1.39. The molecular formula is C24H14ClFN2O7. The van der Waals surface area contributed by atoms with Crippen LogP contribution in [0, 0.1) is 15.9 Å². The number of nitro groups is 1. The Morgan fingerprint density at radius 2 is 1.69 bits per heavy atom. The van der Waals surface area contributed by atoms with E-state index in [4.69, 9.17) is 16.3 Å². The predicted octanol–water partition coefficient (Wildman–Crippen LogP) is 4.35. The molecule has 176 valence electrons. The zero-order valence-electron chi connectivity index (χ0n) is 17.8. The third-order valence-corrected chi connectivity index (χ3v) is 5.71. The number of nitrogens with zero attached hydrogens (tertiary/aromatic N) is 1. The summed E-state index contributed by atoms with van der Waals surface area (Å²) in [6, 6.07) is 11.5. The van der Waals surface area contributed by atoms with Gasteiger partial charge in [-0.1, -0.05) is 35.9 Å². The van der Waals surface area contributed by atoms with Crippen molar-refractivity contribution in [1.82, 2.24) is 0 Å². The van der Waals surface area contributed by atoms with E-state index in [0.29, 0.717) is 0 Å². The second kappa shape index (κ2) is 9.07. The molecule has 3 aromatic rings. The number of rotatable bonds is 5. The van der Waals surface area contributed by atoms with Gasteiger partial charge in [0.05, 0.1) is 21.1 Å². The number of benzene rings is 3. The minimum absolute atomic E-state index is 0.0407. The van der Waals surface area contributed by atoms with Crippen molar-refractivity contribution in [3.05, 3.63) is 103 Å². The van der Waals surface area contributed by atoms with Crippen LogP contribution in [0.2, 0.25) is 5.02 Å². The van der Waals surface area contributed by atoms with Gasteiger partial charge in [-0.3, -0.25) is 24.5 Å². The number of carbonyl (C=O) groups excluding carboxylic acids is 4. The van der Waals surface area contributed by atoms with Crippen LogP contribution in [-0.4, -0.2) is 34.5 Å². The van der Waals surface area contributed by atoms with Crippen LogP contribution in [0.25, 0.3) is 0 Å². The number of amides is 1. The monoisotopic (exact) mass is 496 g/mol. The molecule has 1 atom stereocenters. The van der Waals surface area contributed by atoms with Crippen molar-refractivity contribution < 1.29 is 33.2 Å². The molecule has 0 saturated carbocycles. The maximum Gasteiger partial charge on any atom is 0.340 e. The number of ether oxygens (including phenoxy) is 1. The SMILES string of the molecule is CC(OC(=O)c1ccc2c(c1Cl)C(=O)c1ccccc1C2=O)C(=O)Nc1ccc(F)c([N+](=O)[O-])c1. The first kappa shape index (κ1) is 23.7. The summed E-state index contributed by atoms with van der Waals surface area (Å²) in [5.74, 6) is -3.92. The normalized spacial score (nSPS) is 12.9. The number of carbonyl (C=O) groups is 4. The molecule has 1 amide bonds. The number of nitrogens with one attached hydrogen (secondary N) is 1. The van der Waals surface area contributed by atoms with E-state index < -0.39 is 46.0 Å². The smallest absolute Gasteiger partial charge is 0.340 e. The molecule has 0 fully saturated rings. The Morgan fingerprint density at radius 3 is 2.34 bits per heavy atom. The first-order valence-corrected chi connectivity index (χ1v) is 10.4. The van der Waals surface area contributed by atoms with Crippen molar-refractivity contribution in [3.63, 3.8) is 0 Å². The van der Waals surface area contributed by atoms with E-state index >= 15 is 0 Å². The summed E-state index contributed by atoms with van der Waals surface area (Å²) in [6.45, 7) is 1.24. The average molecular weight is 497 g/mol. The van der Waals surface area contributed by atoms with E-state index in [9.17, 15) is 33.7 Å². The van der Waals surface area contributed by atoms with E-state index in [2.05, 4.69) is 5.32 Å². The predicted molar refractivity (Wildman–Crippen MR) is 121 cm³/mol. The van der Waals surface area contributed by atoms with Gasteiger partial charge in [0.25, 0.3) is 5.91 Å². The summed E-state index contributed by atoms with van der Waals surface area (Å²) >= 11 is 6.33. The lowest BCUT2D eigenvalue weighted by molar-refractivity contribution is -0.387. The van der Waals surface area contributed by atoms with Crippen molar-refractivity contribution in [3.8, 4) is 0 Å². The highest BCUT2D eigenvalue weighted by atomic mass is 35.5. The molecule has 1 aliphatic carbocycles. The molecule has 3 aromatic carbocycles. The Balaban J connectivity index is 1.54. The first-order chi connectivity index (χ1) is 16.6. The van der Waals surface area contributed by atoms with Crippen LogP contribution in [-0.2, 0) is 9.53 Å². The van der Waals surface area contributed by atoms with Gasteiger partial charge in [0, 0.05) is 28.4 Å². The van der Waals surface area contributed by atoms with Crippen LogP contribution >= 0.6 is 11.6 Å². The molecule has 0 spiro atoms. The van der Waals surface area contributed by atoms with Crippen molar-refractivity contribution in [2.24, 2.45) is 0 Å². The molecule has 0 saturated heterocycles. The maximum atomic E-state index is 13.5. The molecule has 0 aromatic heterocycles. The fourth-order valence-corrected chi connectivity index (χ4v) is 3.88. The van der Waals surface area contributed by atoms with Crippen LogP contribution in [0.15, 0.2) is 54.6 Å². The van der Waals surface area contributed by atoms with Gasteiger partial charge in [-0.2, -0.15) is 4.39 Å². The lowest BCUT2D eigenvalue weighted by atomic mass is 9.83. The zero-order chi connectivity index (χ0) is 25.4. The molecule has 4 rings (SSSR count). The average Bonchev–Trinajstić information content (AvgIpc) is 2.83. The lowest BCUT2D eigenvalue weighted by Gasteiger charge is -2.20. The summed E-state index contributed by atoms with van der Waals surface area (Å²) in [7, 11) is 0. The molecule has 1 unspecified atom stereocenters. The molecule has 1 N–H and O–H groups in total. The Bertz CT molecular complexity index is 1450. The third-order valence-electron chi connectivity index (χ3n) is 5.31. The van der Waals surface area contributed by atoms with Gasteiger partial charge in [-0.15, -0.1) is 0 Å². The number of anilines is 1. The van der Waals surface area contributed by atoms with Crippen molar-refractivity contribution in [2.45, 2.75) is 13.0 Å². The van der Waals surface area contributed by atoms with Gasteiger partial charge in [-0.25, -0.2) is 4.79 Å². The first-order valence-electron chi connectivity index (χ1n) is 10.1. The molecule has 0 heterocycles. The van der Waals surface area contributed by atoms with E-state index in [1.54, 1.807) is 12.1 Å². The molecular weight excluding hydrogens is 483 g/mol. The third kappa shape index (κ3) is 4.26. The number of esters is 1. The van der Waals surface area contributed by atoms with Crippen LogP contribution in [0.5, 0.6) is 0 Å². The number of hydrogen-bond donors (Lipinski definition) is 1.